The van der Waals surface area contributed by atoms with Crippen molar-refractivity contribution >= 4 is 48.3 Å². The molecule has 0 aliphatic carbocycles. The van der Waals surface area contributed by atoms with Gasteiger partial charge in [-0.25, -0.2) is 4.98 Å². The second kappa shape index (κ2) is 5.23. The molecule has 3 heterocycles. The molecule has 9 heteroatoms. The largest absolute Gasteiger partial charge is 0.375 e. The number of aryl methyl sites for hydroxylation is 1. The van der Waals surface area contributed by atoms with Crippen molar-refractivity contribution in [3.05, 3.63) is 26.9 Å². The first-order valence-corrected chi connectivity index (χ1v) is 7.83. The highest BCUT2D eigenvalue weighted by Gasteiger charge is 2.18. The molecule has 0 radical (unpaired) electrons. The molecule has 0 unspecified atom stereocenters. The molecule has 0 saturated carbocycles. The summed E-state index contributed by atoms with van der Waals surface area (Å²) < 4.78 is 6.91. The van der Waals surface area contributed by atoms with E-state index in [9.17, 15) is 0 Å². The van der Waals surface area contributed by atoms with Gasteiger partial charge in [0, 0.05) is 15.1 Å². The second-order valence-corrected chi connectivity index (χ2v) is 6.67. The monoisotopic (exact) mass is 415 g/mol. The number of halogens is 2. The number of aromatic nitrogens is 4. The van der Waals surface area contributed by atoms with E-state index in [2.05, 4.69) is 52.0 Å². The summed E-state index contributed by atoms with van der Waals surface area (Å²) in [5.74, 6) is 0.800. The van der Waals surface area contributed by atoms with E-state index in [1.165, 1.54) is 11.3 Å². The lowest BCUT2D eigenvalue weighted by Crippen LogP contribution is -1.87. The van der Waals surface area contributed by atoms with Crippen LogP contribution in [0, 0.1) is 6.92 Å². The van der Waals surface area contributed by atoms with Crippen LogP contribution in [-0.2, 0) is 0 Å². The fourth-order valence-electron chi connectivity index (χ4n) is 1.61. The summed E-state index contributed by atoms with van der Waals surface area (Å²) in [5, 5.41) is 4.42. The first-order valence-electron chi connectivity index (χ1n) is 5.43. The molecule has 6 nitrogen and oxygen atoms in total. The van der Waals surface area contributed by atoms with Crippen molar-refractivity contribution in [1.29, 1.82) is 0 Å². The van der Waals surface area contributed by atoms with E-state index in [4.69, 9.17) is 10.3 Å². The van der Waals surface area contributed by atoms with Gasteiger partial charge in [0.15, 0.2) is 5.13 Å². The van der Waals surface area contributed by atoms with Crippen molar-refractivity contribution in [3.63, 3.8) is 0 Å². The van der Waals surface area contributed by atoms with Crippen molar-refractivity contribution in [3.8, 4) is 22.3 Å². The number of hydrogen-bond acceptors (Lipinski definition) is 7. The minimum Gasteiger partial charge on any atom is -0.375 e. The third-order valence-corrected chi connectivity index (χ3v) is 4.47. The zero-order valence-corrected chi connectivity index (χ0v) is 14.1. The Balaban J connectivity index is 2.04. The van der Waals surface area contributed by atoms with Crippen LogP contribution in [-0.4, -0.2) is 20.1 Å². The Kier molecular flexibility index (Phi) is 3.57. The van der Waals surface area contributed by atoms with Crippen LogP contribution in [0.4, 0.5) is 5.13 Å². The summed E-state index contributed by atoms with van der Waals surface area (Å²) in [6.07, 6.45) is 1.67. The molecule has 0 aliphatic rings. The van der Waals surface area contributed by atoms with Crippen molar-refractivity contribution in [1.82, 2.24) is 20.1 Å². The Morgan fingerprint density at radius 1 is 1.30 bits per heavy atom. The van der Waals surface area contributed by atoms with Crippen molar-refractivity contribution in [2.24, 2.45) is 0 Å². The second-order valence-electron chi connectivity index (χ2n) is 3.87. The number of anilines is 1. The number of rotatable bonds is 2. The maximum absolute atomic E-state index is 5.67. The predicted octanol–water partition coefficient (Wildman–Crippen LogP) is 3.67. The topological polar surface area (TPSA) is 90.7 Å². The normalized spacial score (nSPS) is 10.9. The van der Waals surface area contributed by atoms with Crippen LogP contribution < -0.4 is 5.73 Å². The summed E-state index contributed by atoms with van der Waals surface area (Å²) in [4.78, 5) is 13.5. The summed E-state index contributed by atoms with van der Waals surface area (Å²) in [6.45, 7) is 1.85. The van der Waals surface area contributed by atoms with Gasteiger partial charge in [0.05, 0.1) is 5.69 Å². The average molecular weight is 417 g/mol. The molecule has 3 rings (SSSR count). The van der Waals surface area contributed by atoms with Crippen LogP contribution in [0.1, 0.15) is 5.69 Å². The van der Waals surface area contributed by atoms with E-state index < -0.39 is 0 Å². The summed E-state index contributed by atoms with van der Waals surface area (Å²) >= 11 is 8.08. The molecule has 0 bridgehead atoms. The van der Waals surface area contributed by atoms with E-state index >= 15 is 0 Å². The third kappa shape index (κ3) is 2.48. The molecule has 0 amide bonds. The third-order valence-electron chi connectivity index (χ3n) is 2.45. The van der Waals surface area contributed by atoms with Crippen molar-refractivity contribution in [2.75, 3.05) is 5.73 Å². The lowest BCUT2D eigenvalue weighted by molar-refractivity contribution is 0.432. The van der Waals surface area contributed by atoms with Crippen LogP contribution >= 0.6 is 43.2 Å². The average Bonchev–Trinajstić information content (AvgIpc) is 2.96. The molecule has 0 aromatic carbocycles. The first kappa shape index (κ1) is 13.7. The molecule has 3 aromatic rings. The highest BCUT2D eigenvalue weighted by atomic mass is 79.9. The molecule has 2 N–H and O–H groups in total. The molecule has 0 spiro atoms. The zero-order chi connectivity index (χ0) is 14.3. The predicted molar refractivity (Wildman–Crippen MR) is 83.2 cm³/mol. The Bertz CT molecular complexity index is 785. The van der Waals surface area contributed by atoms with Gasteiger partial charge in [-0.1, -0.05) is 16.5 Å². The Morgan fingerprint density at radius 3 is 2.75 bits per heavy atom. The van der Waals surface area contributed by atoms with Gasteiger partial charge in [-0.05, 0) is 44.8 Å². The molecular formula is C11H7Br2N5OS. The van der Waals surface area contributed by atoms with Gasteiger partial charge in [0.2, 0.25) is 5.82 Å². The standard InChI is InChI=1S/C11H7Br2N5OS/c1-4-8(20-11(14)16-4)10-17-9(18-19-10)7-6(13)2-5(12)3-15-7/h2-3H,1H3,(H2,14,16). The number of thiazole rings is 1. The van der Waals surface area contributed by atoms with E-state index in [0.29, 0.717) is 22.5 Å². The van der Waals surface area contributed by atoms with Crippen molar-refractivity contribution < 1.29 is 4.52 Å². The number of nitrogen functional groups attached to an aromatic ring is 1. The Hall–Kier alpha value is -1.32. The van der Waals surface area contributed by atoms with Crippen LogP contribution in [0.2, 0.25) is 0 Å². The summed E-state index contributed by atoms with van der Waals surface area (Å²) in [5.41, 5.74) is 7.05. The van der Waals surface area contributed by atoms with E-state index in [1.807, 2.05) is 13.0 Å². The first-order chi connectivity index (χ1) is 9.54. The van der Waals surface area contributed by atoms with Crippen LogP contribution in [0.5, 0.6) is 0 Å². The fraction of sp³-hybridized carbons (Fsp3) is 0.0909. The van der Waals surface area contributed by atoms with Gasteiger partial charge >= 0.3 is 0 Å². The smallest absolute Gasteiger partial charge is 0.270 e. The van der Waals surface area contributed by atoms with Crippen LogP contribution in [0.3, 0.4) is 0 Å². The highest BCUT2D eigenvalue weighted by molar-refractivity contribution is 9.11. The maximum atomic E-state index is 5.67. The lowest BCUT2D eigenvalue weighted by Gasteiger charge is -1.97. The Labute approximate surface area is 134 Å². The number of hydrogen-bond donors (Lipinski definition) is 1. The van der Waals surface area contributed by atoms with Gasteiger partial charge in [-0.2, -0.15) is 4.98 Å². The highest BCUT2D eigenvalue weighted by Crippen LogP contribution is 2.32. The quantitative estimate of drug-likeness (QED) is 0.685. The Morgan fingerprint density at radius 2 is 2.10 bits per heavy atom. The molecule has 0 aliphatic heterocycles. The molecule has 0 saturated heterocycles. The number of nitrogens with zero attached hydrogens (tertiary/aromatic N) is 4. The summed E-state index contributed by atoms with van der Waals surface area (Å²) in [6, 6.07) is 1.87. The van der Waals surface area contributed by atoms with Gasteiger partial charge in [-0.15, -0.1) is 0 Å². The van der Waals surface area contributed by atoms with Gasteiger partial charge in [-0.3, -0.25) is 4.98 Å². The lowest BCUT2D eigenvalue weighted by atomic mass is 10.3. The van der Waals surface area contributed by atoms with Crippen LogP contribution in [0.15, 0.2) is 25.7 Å². The van der Waals surface area contributed by atoms with Gasteiger partial charge in [0.25, 0.3) is 5.89 Å². The van der Waals surface area contributed by atoms with Crippen molar-refractivity contribution in [2.45, 2.75) is 6.92 Å². The molecule has 102 valence electrons. The van der Waals surface area contributed by atoms with Gasteiger partial charge in [0.1, 0.15) is 10.6 Å². The molecular weight excluding hydrogens is 410 g/mol. The summed E-state index contributed by atoms with van der Waals surface area (Å²) in [7, 11) is 0. The number of pyridine rings is 1. The number of nitrogens with two attached hydrogens (primary N) is 1. The molecule has 20 heavy (non-hydrogen) atoms. The van der Waals surface area contributed by atoms with E-state index in [0.717, 1.165) is 19.5 Å². The minimum atomic E-state index is 0.392. The fourth-order valence-corrected chi connectivity index (χ4v) is 3.53. The van der Waals surface area contributed by atoms with E-state index in [-0.39, 0.29) is 0 Å². The van der Waals surface area contributed by atoms with Gasteiger partial charge < -0.3 is 10.3 Å². The van der Waals surface area contributed by atoms with E-state index in [1.54, 1.807) is 6.20 Å². The van der Waals surface area contributed by atoms with Crippen LogP contribution in [0.25, 0.3) is 22.3 Å². The molecule has 0 fully saturated rings. The zero-order valence-electron chi connectivity index (χ0n) is 10.1. The SMILES string of the molecule is Cc1nc(N)sc1-c1nc(-c2ncc(Br)cc2Br)no1. The molecule has 0 atom stereocenters. The minimum absolute atomic E-state index is 0.392. The molecule has 3 aromatic heterocycles. The maximum Gasteiger partial charge on any atom is 0.270 e.